The molecule has 0 spiro atoms. The van der Waals surface area contributed by atoms with Gasteiger partial charge in [-0.1, -0.05) is 133 Å². The third kappa shape index (κ3) is 10.7. The summed E-state index contributed by atoms with van der Waals surface area (Å²) in [6, 6.07) is 21.4. The third-order valence-electron chi connectivity index (χ3n) is 15.3. The first-order valence-electron chi connectivity index (χ1n) is 22.6. The van der Waals surface area contributed by atoms with E-state index in [4.69, 9.17) is 9.47 Å². The Labute approximate surface area is 336 Å². The molecule has 6 rings (SSSR count). The Morgan fingerprint density at radius 2 is 1.45 bits per heavy atom. The number of carbonyl (C=O) groups excluding carboxylic acids is 1. The summed E-state index contributed by atoms with van der Waals surface area (Å²) >= 11 is 0. The average molecular weight is 753 g/mol. The molecule has 5 nitrogen and oxygen atoms in total. The number of rotatable bonds is 19. The van der Waals surface area contributed by atoms with Crippen molar-refractivity contribution in [3.05, 3.63) is 83.4 Å². The van der Waals surface area contributed by atoms with Crippen molar-refractivity contribution in [1.29, 1.82) is 0 Å². The quantitative estimate of drug-likeness (QED) is 0.0812. The summed E-state index contributed by atoms with van der Waals surface area (Å²) in [5.41, 5.74) is 5.00. The van der Waals surface area contributed by atoms with Crippen LogP contribution in [0, 0.1) is 46.3 Å². The average Bonchev–Trinajstić information content (AvgIpc) is 3.54. The van der Waals surface area contributed by atoms with E-state index in [0.29, 0.717) is 18.6 Å². The highest BCUT2D eigenvalue weighted by Gasteiger charge is 2.59. The van der Waals surface area contributed by atoms with E-state index in [2.05, 4.69) is 118 Å². The summed E-state index contributed by atoms with van der Waals surface area (Å²) in [6.45, 7) is 20.9. The van der Waals surface area contributed by atoms with Gasteiger partial charge in [-0.15, -0.1) is 0 Å². The van der Waals surface area contributed by atoms with E-state index in [1.54, 1.807) is 5.57 Å². The molecular formula is C50H76N2O3. The molecule has 0 heterocycles. The van der Waals surface area contributed by atoms with Crippen LogP contribution in [0.15, 0.2) is 72.3 Å². The lowest BCUT2D eigenvalue weighted by atomic mass is 9.47. The second-order valence-corrected chi connectivity index (χ2v) is 19.2. The van der Waals surface area contributed by atoms with Crippen molar-refractivity contribution in [2.45, 2.75) is 144 Å². The highest BCUT2D eigenvalue weighted by molar-refractivity contribution is 5.60. The lowest BCUT2D eigenvalue weighted by Crippen LogP contribution is -2.51. The number of hydrogen-bond donors (Lipinski definition) is 0. The molecule has 0 aliphatic heterocycles. The van der Waals surface area contributed by atoms with E-state index in [1.165, 1.54) is 62.5 Å². The van der Waals surface area contributed by atoms with Crippen LogP contribution in [0.2, 0.25) is 0 Å². The van der Waals surface area contributed by atoms with Gasteiger partial charge in [0.15, 0.2) is 0 Å². The van der Waals surface area contributed by atoms with Crippen LogP contribution in [0.25, 0.3) is 0 Å². The molecule has 0 bridgehead atoms. The lowest BCUT2D eigenvalue weighted by Gasteiger charge is -2.58. The molecule has 2 aromatic rings. The Bertz CT molecular complexity index is 1490. The van der Waals surface area contributed by atoms with Gasteiger partial charge in [0.1, 0.15) is 12.7 Å². The maximum absolute atomic E-state index is 13.1. The predicted molar refractivity (Wildman–Crippen MR) is 228 cm³/mol. The second kappa shape index (κ2) is 19.7. The molecule has 0 aromatic heterocycles. The molecule has 0 amide bonds. The van der Waals surface area contributed by atoms with Crippen LogP contribution in [-0.2, 0) is 22.6 Å². The number of allylic oxidation sites excluding steroid dienone is 1. The van der Waals surface area contributed by atoms with Gasteiger partial charge in [0.25, 0.3) is 0 Å². The Kier molecular flexibility index (Phi) is 15.0. The third-order valence-corrected chi connectivity index (χ3v) is 15.3. The monoisotopic (exact) mass is 753 g/mol. The Balaban J connectivity index is 0.961. The van der Waals surface area contributed by atoms with Gasteiger partial charge in [0.2, 0.25) is 0 Å². The van der Waals surface area contributed by atoms with Gasteiger partial charge in [0.05, 0.1) is 0 Å². The highest BCUT2D eigenvalue weighted by Crippen LogP contribution is 2.67. The molecule has 0 N–H and O–H groups in total. The minimum absolute atomic E-state index is 0.0717. The summed E-state index contributed by atoms with van der Waals surface area (Å²) < 4.78 is 11.8. The van der Waals surface area contributed by atoms with E-state index in [0.717, 1.165) is 100 Å². The molecule has 0 saturated heterocycles. The number of benzene rings is 2. The SMILES string of the molecule is CCN(CCCCN(CCOC(=O)OC1CC[C@@]2(C)C(=CCC3C2CC[C@@]2(C)C3CC[C@@H]2[C@H](C)CCCC(C)C)C1)Cc1ccccc1)Cc1ccccc1. The zero-order chi connectivity index (χ0) is 38.8. The molecule has 4 aliphatic carbocycles. The van der Waals surface area contributed by atoms with Crippen LogP contribution in [0.5, 0.6) is 0 Å². The molecule has 304 valence electrons. The van der Waals surface area contributed by atoms with Crippen molar-refractivity contribution in [2.24, 2.45) is 46.3 Å². The fraction of sp³-hybridized carbons (Fsp3) is 0.700. The maximum Gasteiger partial charge on any atom is 0.508 e. The minimum atomic E-state index is -0.491. The molecular weight excluding hydrogens is 677 g/mol. The molecule has 2 aromatic carbocycles. The largest absolute Gasteiger partial charge is 0.508 e. The van der Waals surface area contributed by atoms with E-state index in [-0.39, 0.29) is 11.5 Å². The van der Waals surface area contributed by atoms with Crippen molar-refractivity contribution >= 4 is 6.16 Å². The fourth-order valence-electron chi connectivity index (χ4n) is 12.2. The zero-order valence-electron chi connectivity index (χ0n) is 35.7. The predicted octanol–water partition coefficient (Wildman–Crippen LogP) is 12.4. The number of ether oxygens (including phenoxy) is 2. The Morgan fingerprint density at radius 1 is 0.782 bits per heavy atom. The van der Waals surface area contributed by atoms with Gasteiger partial charge in [-0.25, -0.2) is 4.79 Å². The Morgan fingerprint density at radius 3 is 2.13 bits per heavy atom. The first-order chi connectivity index (χ1) is 26.6. The highest BCUT2D eigenvalue weighted by atomic mass is 16.7. The molecule has 55 heavy (non-hydrogen) atoms. The summed E-state index contributed by atoms with van der Waals surface area (Å²) in [5, 5.41) is 0. The number of hydrogen-bond acceptors (Lipinski definition) is 5. The summed E-state index contributed by atoms with van der Waals surface area (Å²) in [6.07, 6.45) is 18.3. The lowest BCUT2D eigenvalue weighted by molar-refractivity contribution is -0.0619. The molecule has 3 saturated carbocycles. The van der Waals surface area contributed by atoms with Gasteiger partial charge in [0, 0.05) is 26.1 Å². The van der Waals surface area contributed by atoms with Gasteiger partial charge in [-0.2, -0.15) is 0 Å². The van der Waals surface area contributed by atoms with Crippen molar-refractivity contribution in [2.75, 3.05) is 32.8 Å². The molecule has 4 aliphatic rings. The topological polar surface area (TPSA) is 42.0 Å². The minimum Gasteiger partial charge on any atom is -0.433 e. The van der Waals surface area contributed by atoms with E-state index in [9.17, 15) is 4.79 Å². The molecule has 3 fully saturated rings. The smallest absolute Gasteiger partial charge is 0.433 e. The van der Waals surface area contributed by atoms with Crippen molar-refractivity contribution in [3.8, 4) is 0 Å². The van der Waals surface area contributed by atoms with Crippen LogP contribution in [-0.4, -0.2) is 54.8 Å². The van der Waals surface area contributed by atoms with E-state index < -0.39 is 6.16 Å². The second-order valence-electron chi connectivity index (χ2n) is 19.2. The van der Waals surface area contributed by atoms with Gasteiger partial charge < -0.3 is 9.47 Å². The number of unbranched alkanes of at least 4 members (excludes halogenated alkanes) is 1. The van der Waals surface area contributed by atoms with Crippen LogP contribution in [0.3, 0.4) is 0 Å². The maximum atomic E-state index is 13.1. The first-order valence-corrected chi connectivity index (χ1v) is 22.6. The van der Waals surface area contributed by atoms with Gasteiger partial charge in [-0.3, -0.25) is 9.80 Å². The van der Waals surface area contributed by atoms with Crippen molar-refractivity contribution < 1.29 is 14.3 Å². The van der Waals surface area contributed by atoms with Crippen LogP contribution < -0.4 is 0 Å². The summed E-state index contributed by atoms with van der Waals surface area (Å²) in [4.78, 5) is 18.1. The Hall–Kier alpha value is -2.63. The van der Waals surface area contributed by atoms with Crippen LogP contribution in [0.1, 0.15) is 136 Å². The molecule has 5 heteroatoms. The van der Waals surface area contributed by atoms with Crippen LogP contribution in [0.4, 0.5) is 4.79 Å². The number of fused-ring (bicyclic) bond motifs is 5. The van der Waals surface area contributed by atoms with Gasteiger partial charge in [-0.05, 0) is 135 Å². The normalized spacial score (nSPS) is 29.4. The summed E-state index contributed by atoms with van der Waals surface area (Å²) in [7, 11) is 0. The first kappa shape index (κ1) is 42.0. The van der Waals surface area contributed by atoms with Crippen LogP contribution >= 0.6 is 0 Å². The number of nitrogens with zero attached hydrogens (tertiary/aromatic N) is 2. The zero-order valence-corrected chi connectivity index (χ0v) is 35.7. The van der Waals surface area contributed by atoms with E-state index >= 15 is 0 Å². The van der Waals surface area contributed by atoms with Crippen molar-refractivity contribution in [3.63, 3.8) is 0 Å². The molecule has 4 unspecified atom stereocenters. The van der Waals surface area contributed by atoms with E-state index in [1.807, 2.05) is 0 Å². The standard InChI is InChI=1S/C50H76N2O3/c1-7-51(36-40-19-10-8-11-20-40)31-14-15-32-52(37-41-21-12-9-13-22-41)33-34-54-48(53)55-43-27-29-49(5)42(35-43)23-24-44-46-26-25-45(39(4)18-16-17-38(2)3)50(46,6)30-28-47(44)49/h8-13,19-23,38-39,43-47H,7,14-18,24-37H2,1-6H3/t39-,43?,44?,45-,46?,47?,49+,50-/m1/s1. The van der Waals surface area contributed by atoms with Crippen molar-refractivity contribution in [1.82, 2.24) is 9.80 Å². The molecule has 8 atom stereocenters. The molecule has 0 radical (unpaired) electrons. The van der Waals surface area contributed by atoms with Gasteiger partial charge >= 0.3 is 6.16 Å². The fourth-order valence-corrected chi connectivity index (χ4v) is 12.2. The number of carbonyl (C=O) groups is 1. The summed E-state index contributed by atoms with van der Waals surface area (Å²) in [5.74, 6) is 5.03.